The maximum Gasteiger partial charge on any atom is 0.414 e. The molecule has 2 aromatic carbocycles. The molecule has 10 nitrogen and oxygen atoms in total. The molecule has 38 heavy (non-hydrogen) atoms. The molecule has 2 atom stereocenters. The molecule has 4 rings (SSSR count). The van der Waals surface area contributed by atoms with Crippen molar-refractivity contribution in [2.24, 2.45) is 4.99 Å². The minimum Gasteiger partial charge on any atom is -0.463 e. The second-order valence-electron chi connectivity index (χ2n) is 8.31. The van der Waals surface area contributed by atoms with Crippen molar-refractivity contribution in [3.63, 3.8) is 0 Å². The third-order valence-electron chi connectivity index (χ3n) is 5.04. The summed E-state index contributed by atoms with van der Waals surface area (Å²) in [5.41, 5.74) is 1.43. The Morgan fingerprint density at radius 1 is 0.921 bits per heavy atom. The summed E-state index contributed by atoms with van der Waals surface area (Å²) < 4.78 is 19.9. The van der Waals surface area contributed by atoms with Gasteiger partial charge in [-0.25, -0.2) is 9.59 Å². The molecule has 1 amide bonds. The molecule has 0 spiro atoms. The normalized spacial score (nSPS) is 16.9. The molecule has 0 aromatic heterocycles. The van der Waals surface area contributed by atoms with Gasteiger partial charge in [0, 0.05) is 18.5 Å². The lowest BCUT2D eigenvalue weighted by Gasteiger charge is -2.12. The van der Waals surface area contributed by atoms with E-state index in [9.17, 15) is 19.2 Å². The van der Waals surface area contributed by atoms with Gasteiger partial charge in [-0.2, -0.15) is 4.99 Å². The molecule has 2 fully saturated rings. The number of amides is 1. The number of carbonyl (C=O) groups excluding carboxylic acids is 4. The highest BCUT2D eigenvalue weighted by Gasteiger charge is 2.33. The number of esters is 2. The summed E-state index contributed by atoms with van der Waals surface area (Å²) in [4.78, 5) is 48.3. The number of hydrogen-bond acceptors (Lipinski definition) is 9. The Hall–Kier alpha value is -4.01. The van der Waals surface area contributed by atoms with Crippen LogP contribution in [-0.2, 0) is 33.3 Å². The van der Waals surface area contributed by atoms with Gasteiger partial charge >= 0.3 is 18.0 Å². The molecule has 2 aromatic rings. The number of rotatable bonds is 10. The van der Waals surface area contributed by atoms with E-state index < -0.39 is 12.2 Å². The van der Waals surface area contributed by atoms with Gasteiger partial charge in [0.1, 0.15) is 19.3 Å². The average molecular weight is 527 g/mol. The van der Waals surface area contributed by atoms with E-state index in [0.29, 0.717) is 31.7 Å². The summed E-state index contributed by atoms with van der Waals surface area (Å²) in [6, 6.07) is 18.3. The first-order chi connectivity index (χ1) is 18.5. The van der Waals surface area contributed by atoms with Crippen LogP contribution in [-0.4, -0.2) is 62.7 Å². The lowest BCUT2D eigenvalue weighted by molar-refractivity contribution is -0.146. The molecule has 0 bridgehead atoms. The lowest BCUT2D eigenvalue weighted by Crippen LogP contribution is -2.26. The van der Waals surface area contributed by atoms with Gasteiger partial charge in [-0.15, -0.1) is 0 Å². The van der Waals surface area contributed by atoms with Gasteiger partial charge in [0.25, 0.3) is 0 Å². The Balaban J connectivity index is 0.000000224. The third kappa shape index (κ3) is 12.3. The van der Waals surface area contributed by atoms with Crippen molar-refractivity contribution in [3.8, 4) is 0 Å². The SMILES string of the molecule is CCCC(=O)OC[C@H]1CN(c2ccccc2)C(=O)O1.CCCC(=O)OC[C@H]1CO1.O=C=Nc1ccccc1. The number of hydrogen-bond donors (Lipinski definition) is 0. The highest BCUT2D eigenvalue weighted by atomic mass is 16.6. The van der Waals surface area contributed by atoms with Gasteiger partial charge in [0.2, 0.25) is 6.08 Å². The van der Waals surface area contributed by atoms with E-state index in [1.165, 1.54) is 6.08 Å². The van der Waals surface area contributed by atoms with E-state index in [0.717, 1.165) is 25.1 Å². The summed E-state index contributed by atoms with van der Waals surface area (Å²) >= 11 is 0. The van der Waals surface area contributed by atoms with E-state index in [2.05, 4.69) is 4.99 Å². The highest BCUT2D eigenvalue weighted by Crippen LogP contribution is 2.21. The summed E-state index contributed by atoms with van der Waals surface area (Å²) in [6.07, 6.45) is 3.37. The number of anilines is 1. The fourth-order valence-corrected chi connectivity index (χ4v) is 3.07. The Morgan fingerprint density at radius 2 is 1.45 bits per heavy atom. The van der Waals surface area contributed by atoms with E-state index in [-0.39, 0.29) is 24.6 Å². The zero-order chi connectivity index (χ0) is 27.6. The van der Waals surface area contributed by atoms with Crippen LogP contribution in [0.4, 0.5) is 16.2 Å². The minimum absolute atomic E-state index is 0.113. The van der Waals surface area contributed by atoms with E-state index in [4.69, 9.17) is 18.9 Å². The summed E-state index contributed by atoms with van der Waals surface area (Å²) in [5, 5.41) is 0. The Kier molecular flexibility index (Phi) is 13.9. The molecule has 0 aliphatic carbocycles. The van der Waals surface area contributed by atoms with Crippen molar-refractivity contribution in [2.75, 3.05) is 31.3 Å². The van der Waals surface area contributed by atoms with Crippen LogP contribution in [0, 0.1) is 0 Å². The van der Waals surface area contributed by atoms with E-state index >= 15 is 0 Å². The predicted octanol–water partition coefficient (Wildman–Crippen LogP) is 4.74. The molecule has 2 heterocycles. The van der Waals surface area contributed by atoms with E-state index in [1.54, 1.807) is 17.0 Å². The Labute approximate surface area is 222 Å². The molecule has 204 valence electrons. The number of epoxide rings is 1. The molecule has 0 unspecified atom stereocenters. The molecule has 0 N–H and O–H groups in total. The fourth-order valence-electron chi connectivity index (χ4n) is 3.07. The lowest BCUT2D eigenvalue weighted by atomic mass is 10.3. The second kappa shape index (κ2) is 17.4. The van der Waals surface area contributed by atoms with Crippen molar-refractivity contribution in [2.45, 2.75) is 51.7 Å². The minimum atomic E-state index is -0.400. The quantitative estimate of drug-likeness (QED) is 0.143. The monoisotopic (exact) mass is 526 g/mol. The van der Waals surface area contributed by atoms with Crippen molar-refractivity contribution >= 4 is 35.5 Å². The van der Waals surface area contributed by atoms with Gasteiger partial charge in [-0.3, -0.25) is 14.5 Å². The molecular weight excluding hydrogens is 492 g/mol. The molecular formula is C28H34N2O8. The van der Waals surface area contributed by atoms with Crippen molar-refractivity contribution < 1.29 is 38.1 Å². The number of carbonyl (C=O) groups is 3. The van der Waals surface area contributed by atoms with Gasteiger partial charge in [0.05, 0.1) is 18.8 Å². The Morgan fingerprint density at radius 3 is 1.95 bits per heavy atom. The van der Waals surface area contributed by atoms with Crippen LogP contribution in [0.1, 0.15) is 39.5 Å². The van der Waals surface area contributed by atoms with Crippen LogP contribution < -0.4 is 4.90 Å². The largest absolute Gasteiger partial charge is 0.463 e. The summed E-state index contributed by atoms with van der Waals surface area (Å²) in [5.74, 6) is -0.366. The zero-order valence-corrected chi connectivity index (χ0v) is 21.7. The number of para-hydroxylation sites is 2. The van der Waals surface area contributed by atoms with Crippen molar-refractivity contribution in [1.29, 1.82) is 0 Å². The number of aliphatic imine (C=N–C) groups is 1. The van der Waals surface area contributed by atoms with Crippen LogP contribution in [0.15, 0.2) is 65.7 Å². The Bertz CT molecular complexity index is 1040. The first-order valence-electron chi connectivity index (χ1n) is 12.6. The molecule has 0 radical (unpaired) electrons. The second-order valence-corrected chi connectivity index (χ2v) is 8.31. The van der Waals surface area contributed by atoms with Crippen LogP contribution in [0.3, 0.4) is 0 Å². The number of benzene rings is 2. The number of cyclic esters (lactones) is 1. The first kappa shape index (κ1) is 30.2. The highest BCUT2D eigenvalue weighted by molar-refractivity contribution is 5.89. The fraction of sp³-hybridized carbons (Fsp3) is 0.429. The number of ether oxygens (including phenoxy) is 4. The molecule has 2 aliphatic heterocycles. The molecule has 10 heteroatoms. The predicted molar refractivity (Wildman–Crippen MR) is 140 cm³/mol. The standard InChI is InChI=1S/C14H17NO4.C7H5NO.C7H12O3/c1-2-6-13(16)18-10-12-9-15(14(17)19-12)11-7-4-3-5-8-11;9-6-8-7-4-2-1-3-5-7;1-2-3-7(8)10-5-6-4-9-6/h3-5,7-8,12H,2,6,9-10H2,1H3;1-5H;6H,2-5H2,1H3/t12-;;6-/m1.1/s1. The summed E-state index contributed by atoms with van der Waals surface area (Å²) in [7, 11) is 0. The molecule has 0 saturated carbocycles. The number of nitrogens with zero attached hydrogens (tertiary/aromatic N) is 2. The molecule has 2 saturated heterocycles. The van der Waals surface area contributed by atoms with Crippen molar-refractivity contribution in [1.82, 2.24) is 0 Å². The van der Waals surface area contributed by atoms with Crippen LogP contribution >= 0.6 is 0 Å². The topological polar surface area (TPSA) is 124 Å². The zero-order valence-electron chi connectivity index (χ0n) is 21.7. The maximum absolute atomic E-state index is 11.7. The first-order valence-corrected chi connectivity index (χ1v) is 12.6. The van der Waals surface area contributed by atoms with Crippen molar-refractivity contribution in [3.05, 3.63) is 60.7 Å². The maximum atomic E-state index is 11.7. The summed E-state index contributed by atoms with van der Waals surface area (Å²) in [6.45, 7) is 5.58. The smallest absolute Gasteiger partial charge is 0.414 e. The van der Waals surface area contributed by atoms with Crippen LogP contribution in [0.2, 0.25) is 0 Å². The van der Waals surface area contributed by atoms with Crippen LogP contribution in [0.25, 0.3) is 0 Å². The van der Waals surface area contributed by atoms with Gasteiger partial charge in [0.15, 0.2) is 6.10 Å². The van der Waals surface area contributed by atoms with Gasteiger partial charge < -0.3 is 18.9 Å². The van der Waals surface area contributed by atoms with Crippen LogP contribution in [0.5, 0.6) is 0 Å². The average Bonchev–Trinajstić information content (AvgIpc) is 3.69. The molecule has 2 aliphatic rings. The van der Waals surface area contributed by atoms with Gasteiger partial charge in [-0.1, -0.05) is 50.2 Å². The number of isocyanates is 1. The van der Waals surface area contributed by atoms with Gasteiger partial charge in [-0.05, 0) is 37.1 Å². The van der Waals surface area contributed by atoms with E-state index in [1.807, 2.05) is 62.4 Å². The third-order valence-corrected chi connectivity index (χ3v) is 5.04.